The summed E-state index contributed by atoms with van der Waals surface area (Å²) < 4.78 is 38.4. The highest BCUT2D eigenvalue weighted by molar-refractivity contribution is 5.83. The first-order valence-electron chi connectivity index (χ1n) is 5.41. The molecule has 0 spiro atoms. The first-order chi connectivity index (χ1) is 9.01. The third-order valence-electron chi connectivity index (χ3n) is 2.93. The zero-order valence-corrected chi connectivity index (χ0v) is 10.4. The number of hydrogen-bond donors (Lipinski definition) is 3. The van der Waals surface area contributed by atoms with Gasteiger partial charge in [-0.2, -0.15) is 18.4 Å². The Morgan fingerprint density at radius 3 is 2.40 bits per heavy atom. The number of nitrogens with zero attached hydrogens (tertiary/aromatic N) is 1. The minimum Gasteiger partial charge on any atom is -0.378 e. The third kappa shape index (κ3) is 2.89. The van der Waals surface area contributed by atoms with Gasteiger partial charge in [0.1, 0.15) is 0 Å². The number of aliphatic hydroxyl groups is 1. The van der Waals surface area contributed by atoms with E-state index in [4.69, 9.17) is 16.7 Å². The minimum absolute atomic E-state index is 0.153. The van der Waals surface area contributed by atoms with E-state index in [1.807, 2.05) is 0 Å². The van der Waals surface area contributed by atoms with Crippen LogP contribution in [-0.2, 0) is 11.0 Å². The van der Waals surface area contributed by atoms with Crippen LogP contribution in [0.4, 0.5) is 13.2 Å². The summed E-state index contributed by atoms with van der Waals surface area (Å²) in [6.07, 6.45) is -4.75. The normalized spacial score (nSPS) is 16.1. The molecule has 0 saturated heterocycles. The molecule has 8 heteroatoms. The highest BCUT2D eigenvalue weighted by Gasteiger charge is 2.39. The van der Waals surface area contributed by atoms with Crippen molar-refractivity contribution in [3.63, 3.8) is 0 Å². The quantitative estimate of drug-likeness (QED) is 0.763. The van der Waals surface area contributed by atoms with Gasteiger partial charge in [0.2, 0.25) is 0 Å². The molecule has 0 radical (unpaired) electrons. The van der Waals surface area contributed by atoms with Crippen molar-refractivity contribution in [1.82, 2.24) is 0 Å². The van der Waals surface area contributed by atoms with Crippen molar-refractivity contribution in [2.45, 2.75) is 24.7 Å². The molecule has 0 aromatic heterocycles. The lowest BCUT2D eigenvalue weighted by Gasteiger charge is -2.27. The second-order valence-electron chi connectivity index (χ2n) is 4.40. The number of halogens is 3. The van der Waals surface area contributed by atoms with Crippen LogP contribution in [0, 0.1) is 11.3 Å². The van der Waals surface area contributed by atoms with E-state index >= 15 is 0 Å². The number of nitriles is 1. The molecule has 2 unspecified atom stereocenters. The first kappa shape index (κ1) is 15.9. The van der Waals surface area contributed by atoms with E-state index in [1.165, 1.54) is 6.07 Å². The molecule has 0 aliphatic carbocycles. The maximum atomic E-state index is 12.8. The molecule has 1 amide bonds. The van der Waals surface area contributed by atoms with Crippen molar-refractivity contribution < 1.29 is 23.1 Å². The fraction of sp³-hybridized carbons (Fsp3) is 0.333. The number of primary amides is 1. The molecule has 5 N–H and O–H groups in total. The molecular weight excluding hydrogens is 275 g/mol. The molecule has 0 aliphatic rings. The van der Waals surface area contributed by atoms with Crippen molar-refractivity contribution in [2.75, 3.05) is 0 Å². The zero-order chi connectivity index (χ0) is 15.7. The van der Waals surface area contributed by atoms with Gasteiger partial charge in [0.05, 0.1) is 23.2 Å². The van der Waals surface area contributed by atoms with Crippen LogP contribution in [0.2, 0.25) is 0 Å². The second kappa shape index (κ2) is 5.11. The average molecular weight is 287 g/mol. The molecule has 1 aromatic rings. The van der Waals surface area contributed by atoms with Gasteiger partial charge in [-0.25, -0.2) is 0 Å². The molecular formula is C12H12F3N3O2. The van der Waals surface area contributed by atoms with E-state index in [0.29, 0.717) is 6.07 Å². The monoisotopic (exact) mass is 287 g/mol. The van der Waals surface area contributed by atoms with Crippen molar-refractivity contribution in [2.24, 2.45) is 11.5 Å². The van der Waals surface area contributed by atoms with E-state index in [9.17, 15) is 23.1 Å². The van der Waals surface area contributed by atoms with Gasteiger partial charge in [0.25, 0.3) is 5.91 Å². The Bertz CT molecular complexity index is 576. The lowest BCUT2D eigenvalue weighted by atomic mass is 9.88. The van der Waals surface area contributed by atoms with Crippen molar-refractivity contribution >= 4 is 5.91 Å². The number of alkyl halides is 3. The Morgan fingerprint density at radius 2 is 2.00 bits per heavy atom. The van der Waals surface area contributed by atoms with Crippen molar-refractivity contribution in [3.8, 4) is 6.07 Å². The summed E-state index contributed by atoms with van der Waals surface area (Å²) in [6, 6.07) is 2.65. The summed E-state index contributed by atoms with van der Waals surface area (Å²) in [5.74, 6) is -1.16. The van der Waals surface area contributed by atoms with E-state index in [2.05, 4.69) is 0 Å². The number of carbonyl (C=O) groups is 1. The fourth-order valence-electron chi connectivity index (χ4n) is 1.57. The van der Waals surface area contributed by atoms with Gasteiger partial charge in [-0.3, -0.25) is 4.79 Å². The summed E-state index contributed by atoms with van der Waals surface area (Å²) in [7, 11) is 0. The van der Waals surface area contributed by atoms with Crippen molar-refractivity contribution in [3.05, 3.63) is 34.9 Å². The van der Waals surface area contributed by atoms with Crippen LogP contribution in [0.15, 0.2) is 18.2 Å². The Morgan fingerprint density at radius 1 is 1.45 bits per heavy atom. The van der Waals surface area contributed by atoms with Gasteiger partial charge in [0.15, 0.2) is 5.60 Å². The van der Waals surface area contributed by atoms with E-state index < -0.39 is 34.9 Å². The van der Waals surface area contributed by atoms with Crippen molar-refractivity contribution in [1.29, 1.82) is 5.26 Å². The molecule has 0 fully saturated rings. The number of carbonyl (C=O) groups excluding carboxylic acids is 1. The maximum Gasteiger partial charge on any atom is 0.417 e. The Balaban J connectivity index is 3.37. The molecule has 0 saturated carbocycles. The van der Waals surface area contributed by atoms with Crippen LogP contribution in [0.1, 0.15) is 29.7 Å². The van der Waals surface area contributed by atoms with Crippen LogP contribution in [-0.4, -0.2) is 16.6 Å². The first-order valence-corrected chi connectivity index (χ1v) is 5.41. The number of rotatable bonds is 3. The Labute approximate surface area is 112 Å². The van der Waals surface area contributed by atoms with Crippen LogP contribution in [0.5, 0.6) is 0 Å². The standard InChI is InChI=1S/C12H12F3N3O2/c1-11(20,10(18)19)9(17)6-2-3-7(5-16)8(4-6)12(13,14)15/h2-4,9,20H,17H2,1H3,(H2,18,19). The summed E-state index contributed by atoms with van der Waals surface area (Å²) in [6.45, 7) is 1.01. The number of hydrogen-bond acceptors (Lipinski definition) is 4. The van der Waals surface area contributed by atoms with Crippen LogP contribution < -0.4 is 11.5 Å². The van der Waals surface area contributed by atoms with E-state index in [-0.39, 0.29) is 5.56 Å². The lowest BCUT2D eigenvalue weighted by molar-refractivity contribution is -0.138. The maximum absolute atomic E-state index is 12.8. The molecule has 0 aliphatic heterocycles. The van der Waals surface area contributed by atoms with Gasteiger partial charge < -0.3 is 16.6 Å². The highest BCUT2D eigenvalue weighted by Crippen LogP contribution is 2.34. The minimum atomic E-state index is -4.75. The predicted octanol–water partition coefficient (Wildman–Crippen LogP) is 0.813. The Hall–Kier alpha value is -2.11. The van der Waals surface area contributed by atoms with Gasteiger partial charge in [-0.1, -0.05) is 6.07 Å². The molecule has 1 rings (SSSR count). The number of amides is 1. The SMILES string of the molecule is CC(O)(C(N)=O)C(N)c1ccc(C#N)c(C(F)(F)F)c1. The third-order valence-corrected chi connectivity index (χ3v) is 2.93. The Kier molecular flexibility index (Phi) is 4.07. The number of benzene rings is 1. The fourth-order valence-corrected chi connectivity index (χ4v) is 1.57. The zero-order valence-electron chi connectivity index (χ0n) is 10.4. The molecule has 20 heavy (non-hydrogen) atoms. The predicted molar refractivity (Wildman–Crippen MR) is 62.9 cm³/mol. The van der Waals surface area contributed by atoms with Gasteiger partial charge in [0, 0.05) is 0 Å². The summed E-state index contributed by atoms with van der Waals surface area (Å²) in [4.78, 5) is 11.1. The highest BCUT2D eigenvalue weighted by atomic mass is 19.4. The lowest BCUT2D eigenvalue weighted by Crippen LogP contribution is -2.49. The number of nitrogens with two attached hydrogens (primary N) is 2. The summed E-state index contributed by atoms with van der Waals surface area (Å²) >= 11 is 0. The molecule has 1 aromatic carbocycles. The molecule has 5 nitrogen and oxygen atoms in total. The van der Waals surface area contributed by atoms with Gasteiger partial charge in [-0.05, 0) is 24.6 Å². The van der Waals surface area contributed by atoms with Crippen LogP contribution in [0.3, 0.4) is 0 Å². The largest absolute Gasteiger partial charge is 0.417 e. The van der Waals surface area contributed by atoms with E-state index in [0.717, 1.165) is 19.1 Å². The average Bonchev–Trinajstić information content (AvgIpc) is 2.35. The molecule has 2 atom stereocenters. The van der Waals surface area contributed by atoms with Gasteiger partial charge >= 0.3 is 6.18 Å². The van der Waals surface area contributed by atoms with E-state index in [1.54, 1.807) is 0 Å². The smallest absolute Gasteiger partial charge is 0.378 e. The molecule has 108 valence electrons. The molecule has 0 heterocycles. The van der Waals surface area contributed by atoms with Crippen LogP contribution in [0.25, 0.3) is 0 Å². The summed E-state index contributed by atoms with van der Waals surface area (Å²) in [5.41, 5.74) is 6.39. The second-order valence-corrected chi connectivity index (χ2v) is 4.40. The topological polar surface area (TPSA) is 113 Å². The van der Waals surface area contributed by atoms with Crippen LogP contribution >= 0.6 is 0 Å². The molecule has 0 bridgehead atoms. The van der Waals surface area contributed by atoms with Gasteiger partial charge in [-0.15, -0.1) is 0 Å². The summed E-state index contributed by atoms with van der Waals surface area (Å²) in [5, 5.41) is 18.4.